The lowest BCUT2D eigenvalue weighted by atomic mass is 10.2. The number of aromatic nitrogens is 1. The molecular formula is C16H25N3O3S2. The quantitative estimate of drug-likeness (QED) is 0.781. The van der Waals surface area contributed by atoms with E-state index in [2.05, 4.69) is 9.88 Å². The average Bonchev–Trinajstić information content (AvgIpc) is 3.24. The number of rotatable bonds is 5. The third kappa shape index (κ3) is 3.97. The Morgan fingerprint density at radius 1 is 1.38 bits per heavy atom. The van der Waals surface area contributed by atoms with Crippen molar-refractivity contribution in [3.63, 3.8) is 0 Å². The Bertz CT molecular complexity index is 708. The fourth-order valence-corrected chi connectivity index (χ4v) is 6.24. The summed E-state index contributed by atoms with van der Waals surface area (Å²) in [5.74, 6) is 0.159. The van der Waals surface area contributed by atoms with E-state index in [1.165, 1.54) is 24.2 Å². The molecule has 0 bridgehead atoms. The van der Waals surface area contributed by atoms with Crippen molar-refractivity contribution in [1.29, 1.82) is 0 Å². The number of sulfone groups is 1. The van der Waals surface area contributed by atoms with Crippen LogP contribution in [0, 0.1) is 6.92 Å². The van der Waals surface area contributed by atoms with Crippen LogP contribution in [0.4, 0.5) is 0 Å². The molecule has 3 heterocycles. The van der Waals surface area contributed by atoms with Crippen molar-refractivity contribution in [2.45, 2.75) is 38.6 Å². The van der Waals surface area contributed by atoms with E-state index in [1.54, 1.807) is 11.9 Å². The van der Waals surface area contributed by atoms with E-state index in [0.717, 1.165) is 36.8 Å². The second kappa shape index (κ2) is 7.09. The molecular weight excluding hydrogens is 346 g/mol. The minimum absolute atomic E-state index is 0.0783. The molecule has 1 atom stereocenters. The normalized spacial score (nSPS) is 23.7. The highest BCUT2D eigenvalue weighted by Crippen LogP contribution is 2.24. The number of hydrogen-bond donors (Lipinski definition) is 0. The van der Waals surface area contributed by atoms with Gasteiger partial charge < -0.3 is 9.80 Å². The van der Waals surface area contributed by atoms with Crippen molar-refractivity contribution < 1.29 is 13.2 Å². The van der Waals surface area contributed by atoms with Crippen LogP contribution in [0.25, 0.3) is 0 Å². The molecule has 0 radical (unpaired) electrons. The third-order valence-electron chi connectivity index (χ3n) is 4.95. The van der Waals surface area contributed by atoms with Gasteiger partial charge in [0.1, 0.15) is 4.88 Å². The Kier molecular flexibility index (Phi) is 5.27. The summed E-state index contributed by atoms with van der Waals surface area (Å²) in [6.45, 7) is 5.18. The van der Waals surface area contributed by atoms with Crippen LogP contribution in [0.5, 0.6) is 0 Å². The van der Waals surface area contributed by atoms with E-state index < -0.39 is 9.84 Å². The van der Waals surface area contributed by atoms with Gasteiger partial charge in [-0.25, -0.2) is 13.4 Å². The summed E-state index contributed by atoms with van der Waals surface area (Å²) in [4.78, 5) is 22.0. The molecule has 134 valence electrons. The second-order valence-electron chi connectivity index (χ2n) is 6.79. The molecule has 6 nitrogen and oxygen atoms in total. The van der Waals surface area contributed by atoms with Gasteiger partial charge in [-0.3, -0.25) is 4.79 Å². The van der Waals surface area contributed by atoms with Gasteiger partial charge in [0, 0.05) is 26.1 Å². The molecule has 2 aliphatic rings. The summed E-state index contributed by atoms with van der Waals surface area (Å²) < 4.78 is 23.3. The number of thiazole rings is 1. The van der Waals surface area contributed by atoms with E-state index in [0.29, 0.717) is 11.3 Å². The van der Waals surface area contributed by atoms with Crippen LogP contribution in [0.2, 0.25) is 0 Å². The predicted octanol–water partition coefficient (Wildman–Crippen LogP) is 1.35. The number of hydrogen-bond acceptors (Lipinski definition) is 6. The highest BCUT2D eigenvalue weighted by Gasteiger charge is 2.34. The molecule has 1 aromatic heterocycles. The second-order valence-corrected chi connectivity index (χ2v) is 10.1. The molecule has 1 unspecified atom stereocenters. The van der Waals surface area contributed by atoms with Gasteiger partial charge in [0.15, 0.2) is 9.84 Å². The van der Waals surface area contributed by atoms with Gasteiger partial charge in [0.25, 0.3) is 5.91 Å². The van der Waals surface area contributed by atoms with Crippen molar-refractivity contribution in [3.05, 3.63) is 15.6 Å². The van der Waals surface area contributed by atoms with E-state index in [-0.39, 0.29) is 23.5 Å². The van der Waals surface area contributed by atoms with E-state index in [4.69, 9.17) is 0 Å². The van der Waals surface area contributed by atoms with Crippen LogP contribution >= 0.6 is 11.3 Å². The smallest absolute Gasteiger partial charge is 0.265 e. The first-order valence-corrected chi connectivity index (χ1v) is 11.2. The maximum Gasteiger partial charge on any atom is 0.265 e. The zero-order chi connectivity index (χ0) is 17.3. The maximum absolute atomic E-state index is 12.7. The summed E-state index contributed by atoms with van der Waals surface area (Å²) >= 11 is 1.46. The standard InChI is InChI=1S/C16H25N3O3S2/c1-12-15(16(20)18(2)13-6-10-24(21,22)11-13)23-14(17-12)5-9-19-7-3-4-8-19/h13H,3-11H2,1-2H3. The number of amides is 1. The van der Waals surface area contributed by atoms with Crippen LogP contribution in [0.3, 0.4) is 0 Å². The third-order valence-corrected chi connectivity index (χ3v) is 7.91. The SMILES string of the molecule is Cc1nc(CCN2CCCC2)sc1C(=O)N(C)C1CCS(=O)(=O)C1. The first kappa shape index (κ1) is 17.8. The Morgan fingerprint density at radius 3 is 2.71 bits per heavy atom. The van der Waals surface area contributed by atoms with Crippen LogP contribution < -0.4 is 0 Å². The van der Waals surface area contributed by atoms with Crippen LogP contribution in [0.15, 0.2) is 0 Å². The largest absolute Gasteiger partial charge is 0.337 e. The van der Waals surface area contributed by atoms with E-state index >= 15 is 0 Å². The molecule has 0 aromatic carbocycles. The van der Waals surface area contributed by atoms with Crippen LogP contribution in [-0.4, -0.2) is 73.3 Å². The van der Waals surface area contributed by atoms with Gasteiger partial charge in [-0.05, 0) is 39.3 Å². The first-order valence-electron chi connectivity index (χ1n) is 8.52. The lowest BCUT2D eigenvalue weighted by Crippen LogP contribution is -2.37. The minimum atomic E-state index is -2.99. The summed E-state index contributed by atoms with van der Waals surface area (Å²) in [5, 5.41) is 0.996. The fourth-order valence-electron chi connectivity index (χ4n) is 3.42. The van der Waals surface area contributed by atoms with Crippen molar-refractivity contribution in [3.8, 4) is 0 Å². The summed E-state index contributed by atoms with van der Waals surface area (Å²) in [7, 11) is -1.29. The molecule has 1 aromatic rings. The fraction of sp³-hybridized carbons (Fsp3) is 0.750. The Hall–Kier alpha value is -0.990. The number of nitrogens with zero attached hydrogens (tertiary/aromatic N) is 3. The van der Waals surface area contributed by atoms with Crippen molar-refractivity contribution in [1.82, 2.24) is 14.8 Å². The first-order chi connectivity index (χ1) is 11.4. The van der Waals surface area contributed by atoms with Gasteiger partial charge in [-0.15, -0.1) is 11.3 Å². The summed E-state index contributed by atoms with van der Waals surface area (Å²) in [5.41, 5.74) is 0.758. The van der Waals surface area contributed by atoms with Gasteiger partial charge in [0.05, 0.1) is 22.2 Å². The number of aryl methyl sites for hydroxylation is 1. The highest BCUT2D eigenvalue weighted by atomic mass is 32.2. The van der Waals surface area contributed by atoms with Gasteiger partial charge in [0.2, 0.25) is 0 Å². The lowest BCUT2D eigenvalue weighted by Gasteiger charge is -2.22. The van der Waals surface area contributed by atoms with Crippen LogP contribution in [-0.2, 0) is 16.3 Å². The summed E-state index contributed by atoms with van der Waals surface area (Å²) in [6, 6.07) is -0.211. The molecule has 0 aliphatic carbocycles. The molecule has 3 rings (SSSR count). The van der Waals surface area contributed by atoms with Crippen molar-refractivity contribution in [2.75, 3.05) is 38.2 Å². The van der Waals surface area contributed by atoms with Crippen LogP contribution in [0.1, 0.15) is 39.6 Å². The Labute approximate surface area is 147 Å². The number of carbonyl (C=O) groups excluding carboxylic acids is 1. The number of carbonyl (C=O) groups is 1. The van der Waals surface area contributed by atoms with Gasteiger partial charge >= 0.3 is 0 Å². The summed E-state index contributed by atoms with van der Waals surface area (Å²) in [6.07, 6.45) is 3.95. The zero-order valence-electron chi connectivity index (χ0n) is 14.3. The molecule has 2 fully saturated rings. The Morgan fingerprint density at radius 2 is 2.08 bits per heavy atom. The van der Waals surface area contributed by atoms with E-state index in [9.17, 15) is 13.2 Å². The molecule has 0 N–H and O–H groups in total. The van der Waals surface area contributed by atoms with Crippen molar-refractivity contribution in [2.24, 2.45) is 0 Å². The average molecular weight is 372 g/mol. The molecule has 8 heteroatoms. The predicted molar refractivity (Wildman–Crippen MR) is 95.4 cm³/mol. The van der Waals surface area contributed by atoms with E-state index in [1.807, 2.05) is 6.92 Å². The molecule has 24 heavy (non-hydrogen) atoms. The molecule has 0 spiro atoms. The molecule has 2 aliphatic heterocycles. The molecule has 2 saturated heterocycles. The lowest BCUT2D eigenvalue weighted by molar-refractivity contribution is 0.0751. The molecule has 1 amide bonds. The minimum Gasteiger partial charge on any atom is -0.337 e. The molecule has 0 saturated carbocycles. The maximum atomic E-state index is 12.7. The van der Waals surface area contributed by atoms with Gasteiger partial charge in [-0.1, -0.05) is 0 Å². The zero-order valence-corrected chi connectivity index (χ0v) is 16.0. The van der Waals surface area contributed by atoms with Crippen molar-refractivity contribution >= 4 is 27.1 Å². The number of likely N-dealkylation sites (tertiary alicyclic amines) is 1. The topological polar surface area (TPSA) is 70.6 Å². The van der Waals surface area contributed by atoms with Gasteiger partial charge in [-0.2, -0.15) is 0 Å². The highest BCUT2D eigenvalue weighted by molar-refractivity contribution is 7.91. The Balaban J connectivity index is 1.64. The monoisotopic (exact) mass is 371 g/mol.